The van der Waals surface area contributed by atoms with E-state index in [2.05, 4.69) is 4.99 Å². The van der Waals surface area contributed by atoms with Crippen molar-refractivity contribution < 1.29 is 10.0 Å². The standard InChI is InChI=1S/C18H11N3O3S2/c22-17-16(8-11-10-19-15-7-2-1-6-14(11)15)26-18(25)20(17)12-4-3-5-13(9-12)21(23)24/h1-10,22H. The van der Waals surface area contributed by atoms with Crippen molar-refractivity contribution in [3.8, 4) is 11.6 Å². The Bertz CT molecular complexity index is 1160. The predicted octanol–water partition coefficient (Wildman–Crippen LogP) is 5.14. The molecule has 0 bridgehead atoms. The van der Waals surface area contributed by atoms with Gasteiger partial charge in [-0.15, -0.1) is 11.3 Å². The Hall–Kier alpha value is -3.10. The lowest BCUT2D eigenvalue weighted by Crippen LogP contribution is -1.95. The van der Waals surface area contributed by atoms with Crippen LogP contribution in [-0.4, -0.2) is 20.8 Å². The third kappa shape index (κ3) is 2.75. The van der Waals surface area contributed by atoms with Crippen LogP contribution in [0.2, 0.25) is 0 Å². The molecule has 128 valence electrons. The quantitative estimate of drug-likeness (QED) is 0.387. The number of thiazole rings is 1. The molecule has 2 aromatic carbocycles. The Labute approximate surface area is 157 Å². The summed E-state index contributed by atoms with van der Waals surface area (Å²) in [6, 6.07) is 13.7. The highest BCUT2D eigenvalue weighted by Gasteiger charge is 2.17. The summed E-state index contributed by atoms with van der Waals surface area (Å²) in [7, 11) is 0. The Kier molecular flexibility index (Phi) is 3.98. The van der Waals surface area contributed by atoms with Crippen LogP contribution in [0.4, 0.5) is 11.4 Å². The topological polar surface area (TPSA) is 80.7 Å². The zero-order valence-electron chi connectivity index (χ0n) is 13.2. The lowest BCUT2D eigenvalue weighted by Gasteiger charge is -2.04. The highest BCUT2D eigenvalue weighted by molar-refractivity contribution is 7.73. The summed E-state index contributed by atoms with van der Waals surface area (Å²) >= 11 is 6.59. The van der Waals surface area contributed by atoms with E-state index in [1.165, 1.54) is 28.0 Å². The van der Waals surface area contributed by atoms with Gasteiger partial charge in [0.2, 0.25) is 5.88 Å². The molecule has 0 unspecified atom stereocenters. The fourth-order valence-corrected chi connectivity index (χ4v) is 4.05. The van der Waals surface area contributed by atoms with Gasteiger partial charge < -0.3 is 5.11 Å². The van der Waals surface area contributed by atoms with Crippen LogP contribution >= 0.6 is 23.6 Å². The molecule has 0 radical (unpaired) electrons. The van der Waals surface area contributed by atoms with Crippen LogP contribution in [0.15, 0.2) is 53.5 Å². The average Bonchev–Trinajstić information content (AvgIpc) is 3.16. The smallest absolute Gasteiger partial charge is 0.271 e. The fraction of sp³-hybridized carbons (Fsp3) is 0. The zero-order chi connectivity index (χ0) is 18.3. The number of para-hydroxylation sites is 1. The second-order valence-electron chi connectivity index (χ2n) is 5.54. The maximum absolute atomic E-state index is 11.0. The molecule has 8 heteroatoms. The number of nitrogens with zero attached hydrogens (tertiary/aromatic N) is 3. The molecule has 0 amide bonds. The van der Waals surface area contributed by atoms with E-state index in [0.717, 1.165) is 16.8 Å². The van der Waals surface area contributed by atoms with E-state index in [1.807, 2.05) is 30.3 Å². The molecule has 2 heterocycles. The van der Waals surface area contributed by atoms with Gasteiger partial charge in [-0.1, -0.05) is 24.3 Å². The number of hydrogen-bond acceptors (Lipinski definition) is 6. The van der Waals surface area contributed by atoms with Crippen molar-refractivity contribution in [2.45, 2.75) is 0 Å². The number of aromatic nitrogens is 1. The molecule has 26 heavy (non-hydrogen) atoms. The molecule has 4 rings (SSSR count). The van der Waals surface area contributed by atoms with Gasteiger partial charge in [0.15, 0.2) is 3.95 Å². The molecule has 0 fully saturated rings. The first-order valence-corrected chi connectivity index (χ1v) is 8.82. The summed E-state index contributed by atoms with van der Waals surface area (Å²) in [5.74, 6) is -0.0502. The zero-order valence-corrected chi connectivity index (χ0v) is 14.8. The van der Waals surface area contributed by atoms with Gasteiger partial charge in [-0.3, -0.25) is 19.7 Å². The van der Waals surface area contributed by atoms with E-state index >= 15 is 0 Å². The summed E-state index contributed by atoms with van der Waals surface area (Å²) < 4.78 is 1.83. The van der Waals surface area contributed by atoms with Crippen LogP contribution in [0, 0.1) is 14.1 Å². The van der Waals surface area contributed by atoms with Gasteiger partial charge in [-0.05, 0) is 30.4 Å². The minimum atomic E-state index is -0.481. The number of aromatic hydroxyl groups is 1. The van der Waals surface area contributed by atoms with Crippen LogP contribution < -0.4 is 0 Å². The van der Waals surface area contributed by atoms with Gasteiger partial charge in [0, 0.05) is 29.5 Å². The largest absolute Gasteiger partial charge is 0.493 e. The number of nitro groups is 1. The number of fused-ring (bicyclic) bond motifs is 1. The summed E-state index contributed by atoms with van der Waals surface area (Å²) in [5.41, 5.74) is 3.11. The van der Waals surface area contributed by atoms with Gasteiger partial charge in [0.25, 0.3) is 5.69 Å². The second kappa shape index (κ2) is 6.32. The maximum atomic E-state index is 11.0. The highest BCUT2D eigenvalue weighted by Crippen LogP contribution is 2.37. The first kappa shape index (κ1) is 16.4. The van der Waals surface area contributed by atoms with Crippen molar-refractivity contribution in [3.63, 3.8) is 0 Å². The van der Waals surface area contributed by atoms with Gasteiger partial charge in [0.1, 0.15) is 0 Å². The molecule has 1 aliphatic heterocycles. The van der Waals surface area contributed by atoms with Gasteiger partial charge >= 0.3 is 0 Å². The number of rotatable bonds is 3. The summed E-state index contributed by atoms with van der Waals surface area (Å²) in [5, 5.41) is 21.6. The first-order chi connectivity index (χ1) is 12.5. The Morgan fingerprint density at radius 3 is 2.85 bits per heavy atom. The molecule has 3 aromatic rings. The van der Waals surface area contributed by atoms with Crippen LogP contribution in [0.1, 0.15) is 10.4 Å². The van der Waals surface area contributed by atoms with Crippen LogP contribution in [0.3, 0.4) is 0 Å². The molecular formula is C18H11N3O3S2. The first-order valence-electron chi connectivity index (χ1n) is 7.59. The number of benzene rings is 2. The fourth-order valence-electron chi connectivity index (χ4n) is 2.74. The van der Waals surface area contributed by atoms with E-state index in [4.69, 9.17) is 12.2 Å². The third-order valence-electron chi connectivity index (χ3n) is 3.96. The normalized spacial score (nSPS) is 13.9. The second-order valence-corrected chi connectivity index (χ2v) is 7.22. The highest BCUT2D eigenvalue weighted by atomic mass is 32.1. The molecule has 0 saturated heterocycles. The molecule has 0 atom stereocenters. The molecular weight excluding hydrogens is 370 g/mol. The molecule has 0 aliphatic carbocycles. The maximum Gasteiger partial charge on any atom is 0.271 e. The van der Waals surface area contributed by atoms with E-state index in [-0.39, 0.29) is 11.6 Å². The van der Waals surface area contributed by atoms with Crippen molar-refractivity contribution in [1.82, 2.24) is 4.57 Å². The minimum Gasteiger partial charge on any atom is -0.493 e. The molecule has 6 nitrogen and oxygen atoms in total. The van der Waals surface area contributed by atoms with Crippen molar-refractivity contribution in [1.29, 1.82) is 0 Å². The monoisotopic (exact) mass is 381 g/mol. The van der Waals surface area contributed by atoms with Gasteiger partial charge in [-0.25, -0.2) is 0 Å². The Balaban J connectivity index is 1.81. The molecule has 0 saturated carbocycles. The van der Waals surface area contributed by atoms with E-state index in [1.54, 1.807) is 18.3 Å². The van der Waals surface area contributed by atoms with Crippen LogP contribution in [-0.2, 0) is 0 Å². The van der Waals surface area contributed by atoms with Crippen molar-refractivity contribution in [2.75, 3.05) is 0 Å². The number of allylic oxidation sites excluding steroid dienone is 1. The van der Waals surface area contributed by atoms with Crippen molar-refractivity contribution in [3.05, 3.63) is 73.0 Å². The lowest BCUT2D eigenvalue weighted by molar-refractivity contribution is -0.384. The predicted molar refractivity (Wildman–Crippen MR) is 105 cm³/mol. The van der Waals surface area contributed by atoms with E-state index < -0.39 is 4.92 Å². The minimum absolute atomic E-state index is 0.0502. The third-order valence-corrected chi connectivity index (χ3v) is 5.27. The summed E-state index contributed by atoms with van der Waals surface area (Å²) in [4.78, 5) is 15.4. The van der Waals surface area contributed by atoms with E-state index in [0.29, 0.717) is 14.5 Å². The summed E-state index contributed by atoms with van der Waals surface area (Å²) in [6.07, 6.45) is 3.56. The Morgan fingerprint density at radius 1 is 1.23 bits per heavy atom. The SMILES string of the molecule is O=[N+]([O-])c1cccc(-n2c(O)c(C=C3C=Nc4ccccc43)sc2=S)c1. The van der Waals surface area contributed by atoms with Crippen molar-refractivity contribution >= 4 is 52.8 Å². The van der Waals surface area contributed by atoms with Crippen LogP contribution in [0.25, 0.3) is 17.3 Å². The number of aliphatic imine (C=N–C) groups is 1. The van der Waals surface area contributed by atoms with Gasteiger partial charge in [-0.2, -0.15) is 0 Å². The van der Waals surface area contributed by atoms with Gasteiger partial charge in [0.05, 0.1) is 21.2 Å². The Morgan fingerprint density at radius 2 is 2.04 bits per heavy atom. The lowest BCUT2D eigenvalue weighted by atomic mass is 10.1. The number of nitro benzene ring substituents is 1. The summed E-state index contributed by atoms with van der Waals surface area (Å²) in [6.45, 7) is 0. The van der Waals surface area contributed by atoms with Crippen LogP contribution in [0.5, 0.6) is 5.88 Å². The molecule has 0 spiro atoms. The average molecular weight is 381 g/mol. The van der Waals surface area contributed by atoms with E-state index in [9.17, 15) is 15.2 Å². The van der Waals surface area contributed by atoms with Crippen molar-refractivity contribution in [2.24, 2.45) is 4.99 Å². The number of non-ortho nitro benzene ring substituents is 1. The molecule has 1 aromatic heterocycles. The molecule has 1 N–H and O–H groups in total. The molecule has 1 aliphatic rings. The number of hydrogen-bond donors (Lipinski definition) is 1.